The highest BCUT2D eigenvalue weighted by Crippen LogP contribution is 2.28. The van der Waals surface area contributed by atoms with Crippen LogP contribution in [0.3, 0.4) is 0 Å². The van der Waals surface area contributed by atoms with Crippen LogP contribution in [-0.2, 0) is 39.3 Å². The normalized spacial score (nSPS) is 18.8. The van der Waals surface area contributed by atoms with Gasteiger partial charge in [-0.05, 0) is 6.92 Å². The minimum Gasteiger partial charge on any atom is -0.382 e. The van der Waals surface area contributed by atoms with Crippen molar-refractivity contribution in [2.75, 3.05) is 54.4 Å². The van der Waals surface area contributed by atoms with E-state index in [9.17, 15) is 8.42 Å². The molecule has 0 amide bonds. The number of aromatic nitrogens is 5. The topological polar surface area (TPSA) is 137 Å². The van der Waals surface area contributed by atoms with Gasteiger partial charge in [0.2, 0.25) is 0 Å². The molecule has 14 heteroatoms. The zero-order chi connectivity index (χ0) is 24.7. The SMILES string of the molecule is COCC(COC)n1c(CS(=O)(=O)[C@@H](C)[C@H](OC)c2ncc(Cl)cn2)nnc1[C@@H]1COCCO1. The Bertz CT molecular complexity index is 1010. The molecule has 0 unspecified atom stereocenters. The number of halogens is 1. The summed E-state index contributed by atoms with van der Waals surface area (Å²) in [5.41, 5.74) is 0. The molecule has 2 aromatic rings. The molecule has 190 valence electrons. The highest BCUT2D eigenvalue weighted by molar-refractivity contribution is 7.91. The summed E-state index contributed by atoms with van der Waals surface area (Å²) in [6.07, 6.45) is 1.40. The Morgan fingerprint density at radius 2 is 1.82 bits per heavy atom. The molecular weight excluding hydrogens is 490 g/mol. The van der Waals surface area contributed by atoms with Crippen LogP contribution in [0.4, 0.5) is 0 Å². The molecular formula is C20H30ClN5O7S. The predicted molar refractivity (Wildman–Crippen MR) is 121 cm³/mol. The quantitative estimate of drug-likeness (QED) is 0.401. The van der Waals surface area contributed by atoms with Gasteiger partial charge < -0.3 is 28.3 Å². The van der Waals surface area contributed by atoms with Crippen molar-refractivity contribution in [2.24, 2.45) is 0 Å². The first-order chi connectivity index (χ1) is 16.3. The lowest BCUT2D eigenvalue weighted by Gasteiger charge is -2.27. The molecule has 34 heavy (non-hydrogen) atoms. The summed E-state index contributed by atoms with van der Waals surface area (Å²) in [6.45, 7) is 3.23. The van der Waals surface area contributed by atoms with Crippen molar-refractivity contribution in [2.45, 2.75) is 36.2 Å². The Morgan fingerprint density at radius 3 is 2.38 bits per heavy atom. The first-order valence-electron chi connectivity index (χ1n) is 10.6. The Hall–Kier alpha value is -1.74. The average Bonchev–Trinajstić information content (AvgIpc) is 3.23. The summed E-state index contributed by atoms with van der Waals surface area (Å²) >= 11 is 5.86. The van der Waals surface area contributed by atoms with Gasteiger partial charge in [-0.25, -0.2) is 18.4 Å². The number of sulfone groups is 1. The van der Waals surface area contributed by atoms with Crippen LogP contribution in [0.2, 0.25) is 5.02 Å². The fourth-order valence-corrected chi connectivity index (χ4v) is 5.27. The molecule has 0 radical (unpaired) electrons. The lowest BCUT2D eigenvalue weighted by atomic mass is 10.2. The van der Waals surface area contributed by atoms with Crippen molar-refractivity contribution in [3.63, 3.8) is 0 Å². The lowest BCUT2D eigenvalue weighted by Crippen LogP contribution is -2.32. The van der Waals surface area contributed by atoms with E-state index >= 15 is 0 Å². The number of hydrogen-bond acceptors (Lipinski definition) is 11. The Morgan fingerprint density at radius 1 is 1.15 bits per heavy atom. The van der Waals surface area contributed by atoms with Crippen molar-refractivity contribution in [1.29, 1.82) is 0 Å². The van der Waals surface area contributed by atoms with Crippen molar-refractivity contribution in [3.8, 4) is 0 Å². The van der Waals surface area contributed by atoms with Gasteiger partial charge in [0.15, 0.2) is 21.5 Å². The molecule has 12 nitrogen and oxygen atoms in total. The van der Waals surface area contributed by atoms with Crippen LogP contribution in [0.1, 0.15) is 42.6 Å². The lowest BCUT2D eigenvalue weighted by molar-refractivity contribution is -0.0958. The standard InChI is InChI=1S/C20H30ClN5O7S/c1-13(18(31-4)19-22-7-14(21)8-23-19)34(27,28)12-17-24-25-20(16-11-32-5-6-33-16)26(17)15(9-29-2)10-30-3/h7-8,13,15-16,18H,5-6,9-12H2,1-4H3/t13-,16-,18-/m0/s1. The van der Waals surface area contributed by atoms with Crippen LogP contribution in [0.5, 0.6) is 0 Å². The highest BCUT2D eigenvalue weighted by Gasteiger charge is 2.36. The third-order valence-corrected chi connectivity index (χ3v) is 7.69. The molecule has 0 spiro atoms. The zero-order valence-corrected chi connectivity index (χ0v) is 21.2. The van der Waals surface area contributed by atoms with E-state index in [1.807, 2.05) is 0 Å². The van der Waals surface area contributed by atoms with E-state index in [1.54, 1.807) is 25.7 Å². The minimum atomic E-state index is -3.80. The van der Waals surface area contributed by atoms with E-state index in [2.05, 4.69) is 20.2 Å². The summed E-state index contributed by atoms with van der Waals surface area (Å²) < 4.78 is 56.1. The first kappa shape index (κ1) is 26.9. The summed E-state index contributed by atoms with van der Waals surface area (Å²) in [5.74, 6) is 0.518. The van der Waals surface area contributed by atoms with Crippen LogP contribution in [-0.4, -0.2) is 92.8 Å². The molecule has 3 rings (SSSR count). The largest absolute Gasteiger partial charge is 0.382 e. The van der Waals surface area contributed by atoms with Crippen molar-refractivity contribution >= 4 is 21.4 Å². The number of ether oxygens (including phenoxy) is 5. The van der Waals surface area contributed by atoms with Gasteiger partial charge in [-0.15, -0.1) is 10.2 Å². The van der Waals surface area contributed by atoms with Crippen LogP contribution >= 0.6 is 11.6 Å². The molecule has 0 bridgehead atoms. The Labute approximate surface area is 203 Å². The highest BCUT2D eigenvalue weighted by atomic mass is 35.5. The molecule has 1 aliphatic rings. The van der Waals surface area contributed by atoms with Crippen molar-refractivity contribution < 1.29 is 32.1 Å². The smallest absolute Gasteiger partial charge is 0.165 e. The van der Waals surface area contributed by atoms with Crippen LogP contribution in [0.15, 0.2) is 12.4 Å². The Kier molecular flexibility index (Phi) is 9.71. The van der Waals surface area contributed by atoms with Gasteiger partial charge in [0, 0.05) is 33.7 Å². The van der Waals surface area contributed by atoms with Gasteiger partial charge >= 0.3 is 0 Å². The maximum absolute atomic E-state index is 13.5. The second-order valence-corrected chi connectivity index (χ2v) is 10.6. The second kappa shape index (κ2) is 12.3. The maximum atomic E-state index is 13.5. The predicted octanol–water partition coefficient (Wildman–Crippen LogP) is 1.33. The summed E-state index contributed by atoms with van der Waals surface area (Å²) in [5, 5.41) is 7.83. The van der Waals surface area contributed by atoms with E-state index < -0.39 is 33.0 Å². The second-order valence-electron chi connectivity index (χ2n) is 7.77. The van der Waals surface area contributed by atoms with Gasteiger partial charge in [-0.3, -0.25) is 0 Å². The van der Waals surface area contributed by atoms with Crippen LogP contribution in [0.25, 0.3) is 0 Å². The van der Waals surface area contributed by atoms with Gasteiger partial charge in [0.25, 0.3) is 0 Å². The fourth-order valence-electron chi connectivity index (χ4n) is 3.75. The fraction of sp³-hybridized carbons (Fsp3) is 0.700. The van der Waals surface area contributed by atoms with E-state index in [1.165, 1.54) is 19.5 Å². The van der Waals surface area contributed by atoms with Gasteiger partial charge in [0.05, 0.1) is 49.3 Å². The van der Waals surface area contributed by atoms with E-state index in [-0.39, 0.29) is 37.5 Å². The van der Waals surface area contributed by atoms with Crippen molar-refractivity contribution in [3.05, 3.63) is 34.9 Å². The monoisotopic (exact) mass is 519 g/mol. The molecule has 1 aliphatic heterocycles. The molecule has 0 saturated carbocycles. The van der Waals surface area contributed by atoms with E-state index in [0.29, 0.717) is 24.1 Å². The zero-order valence-electron chi connectivity index (χ0n) is 19.6. The molecule has 0 N–H and O–H groups in total. The molecule has 1 fully saturated rings. The maximum Gasteiger partial charge on any atom is 0.165 e. The average molecular weight is 520 g/mol. The third-order valence-electron chi connectivity index (χ3n) is 5.45. The van der Waals surface area contributed by atoms with E-state index in [0.717, 1.165) is 0 Å². The Balaban J connectivity index is 1.94. The summed E-state index contributed by atoms with van der Waals surface area (Å²) in [4.78, 5) is 8.24. The molecule has 2 aromatic heterocycles. The van der Waals surface area contributed by atoms with E-state index in [4.69, 9.17) is 35.3 Å². The first-order valence-corrected chi connectivity index (χ1v) is 12.7. The number of rotatable bonds is 12. The van der Waals surface area contributed by atoms with Crippen LogP contribution < -0.4 is 0 Å². The third kappa shape index (κ3) is 6.27. The molecule has 3 atom stereocenters. The molecule has 0 aliphatic carbocycles. The summed E-state index contributed by atoms with van der Waals surface area (Å²) in [7, 11) is 0.717. The number of hydrogen-bond donors (Lipinski definition) is 0. The number of nitrogens with zero attached hydrogens (tertiary/aromatic N) is 5. The van der Waals surface area contributed by atoms with Gasteiger partial charge in [-0.1, -0.05) is 11.6 Å². The molecule has 3 heterocycles. The van der Waals surface area contributed by atoms with Gasteiger partial charge in [-0.2, -0.15) is 0 Å². The van der Waals surface area contributed by atoms with Crippen LogP contribution in [0, 0.1) is 0 Å². The minimum absolute atomic E-state index is 0.217. The summed E-state index contributed by atoms with van der Waals surface area (Å²) in [6, 6.07) is -0.371. The molecule has 0 aromatic carbocycles. The van der Waals surface area contributed by atoms with Gasteiger partial charge in [0.1, 0.15) is 23.8 Å². The number of methoxy groups -OCH3 is 3. The van der Waals surface area contributed by atoms with Crippen molar-refractivity contribution in [1.82, 2.24) is 24.7 Å². The molecule has 1 saturated heterocycles.